The summed E-state index contributed by atoms with van der Waals surface area (Å²) in [5.74, 6) is 7.27. The molecule has 3 aliphatic rings. The van der Waals surface area contributed by atoms with Crippen LogP contribution in [0.2, 0.25) is 0 Å². The Labute approximate surface area is 204 Å². The summed E-state index contributed by atoms with van der Waals surface area (Å²) in [5.41, 5.74) is 1.25. The van der Waals surface area contributed by atoms with Gasteiger partial charge < -0.3 is 15.2 Å². The van der Waals surface area contributed by atoms with Gasteiger partial charge in [-0.05, 0) is 92.2 Å². The summed E-state index contributed by atoms with van der Waals surface area (Å²) < 4.78 is 18.9. The number of fused-ring (bicyclic) bond motifs is 3. The number of rotatable bonds is 5. The normalized spacial score (nSPS) is 22.7. The van der Waals surface area contributed by atoms with Crippen LogP contribution >= 0.6 is 0 Å². The van der Waals surface area contributed by atoms with Crippen molar-refractivity contribution in [2.75, 3.05) is 19.6 Å². The van der Waals surface area contributed by atoms with Gasteiger partial charge in [-0.25, -0.2) is 4.39 Å². The fourth-order valence-corrected chi connectivity index (χ4v) is 4.66. The summed E-state index contributed by atoms with van der Waals surface area (Å²) in [5, 5.41) is 13.8. The fraction of sp³-hybridized carbons (Fsp3) is 0.276. The Kier molecular flexibility index (Phi) is 6.54. The van der Waals surface area contributed by atoms with Crippen LogP contribution in [0, 0.1) is 23.6 Å². The lowest BCUT2D eigenvalue weighted by Crippen LogP contribution is -2.58. The molecule has 3 aromatic rings. The zero-order chi connectivity index (χ0) is 24.3. The molecule has 178 valence electrons. The number of halogens is 1. The van der Waals surface area contributed by atoms with Crippen LogP contribution in [0.3, 0.4) is 0 Å². The number of hydrogen-bond acceptors (Lipinski definition) is 4. The van der Waals surface area contributed by atoms with E-state index in [1.54, 1.807) is 36.4 Å². The maximum Gasteiger partial charge on any atom is 0.251 e. The predicted octanol–water partition coefficient (Wildman–Crippen LogP) is 4.36. The highest BCUT2D eigenvalue weighted by Crippen LogP contribution is 2.35. The van der Waals surface area contributed by atoms with Crippen LogP contribution in [-0.2, 0) is 6.54 Å². The standard InChI is InChI=1S/C29H27FN2O3/c30-25-7-1-22(2-8-25)19-31-28(33)23-5-11-27(12-6-23)35-26-9-3-21(4-10-26)13-16-29(34)20-32-17-14-24(29)15-18-32/h1-12,24,34H,14-15,17-20H2,(H,31,33)/t29-/m0/s1. The van der Waals surface area contributed by atoms with E-state index in [2.05, 4.69) is 22.1 Å². The average molecular weight is 471 g/mol. The third kappa shape index (κ3) is 5.54. The van der Waals surface area contributed by atoms with E-state index < -0.39 is 5.60 Å². The van der Waals surface area contributed by atoms with Crippen LogP contribution < -0.4 is 10.1 Å². The van der Waals surface area contributed by atoms with Crippen molar-refractivity contribution in [1.82, 2.24) is 10.2 Å². The first-order chi connectivity index (χ1) is 17.0. The Morgan fingerprint density at radius 1 is 1.00 bits per heavy atom. The van der Waals surface area contributed by atoms with Crippen molar-refractivity contribution in [3.8, 4) is 23.3 Å². The van der Waals surface area contributed by atoms with E-state index >= 15 is 0 Å². The largest absolute Gasteiger partial charge is 0.457 e. The number of carbonyl (C=O) groups excluding carboxylic acids is 1. The molecule has 0 saturated carbocycles. The number of nitrogens with zero attached hydrogens (tertiary/aromatic N) is 1. The first kappa shape index (κ1) is 23.1. The molecule has 3 aromatic carbocycles. The highest BCUT2D eigenvalue weighted by molar-refractivity contribution is 5.94. The van der Waals surface area contributed by atoms with Crippen molar-refractivity contribution >= 4 is 5.91 Å². The van der Waals surface area contributed by atoms with Gasteiger partial charge in [0.15, 0.2) is 0 Å². The number of hydrogen-bond donors (Lipinski definition) is 2. The molecule has 0 unspecified atom stereocenters. The molecule has 1 amide bonds. The summed E-state index contributed by atoms with van der Waals surface area (Å²) in [6.07, 6.45) is 2.01. The minimum Gasteiger partial charge on any atom is -0.457 e. The number of aliphatic hydroxyl groups is 1. The van der Waals surface area contributed by atoms with Crippen molar-refractivity contribution in [2.24, 2.45) is 5.92 Å². The van der Waals surface area contributed by atoms with Crippen LogP contribution in [0.5, 0.6) is 11.5 Å². The van der Waals surface area contributed by atoms with E-state index in [1.807, 2.05) is 24.3 Å². The summed E-state index contributed by atoms with van der Waals surface area (Å²) in [6, 6.07) is 20.3. The predicted molar refractivity (Wildman–Crippen MR) is 132 cm³/mol. The summed E-state index contributed by atoms with van der Waals surface area (Å²) in [4.78, 5) is 14.7. The molecule has 3 aliphatic heterocycles. The number of carbonyl (C=O) groups is 1. The molecule has 1 atom stereocenters. The molecule has 6 heteroatoms. The quantitative estimate of drug-likeness (QED) is 0.544. The minimum absolute atomic E-state index is 0.214. The highest BCUT2D eigenvalue weighted by Gasteiger charge is 2.44. The molecule has 3 saturated heterocycles. The van der Waals surface area contributed by atoms with Gasteiger partial charge in [-0.15, -0.1) is 0 Å². The molecule has 3 fully saturated rings. The monoisotopic (exact) mass is 470 g/mol. The second kappa shape index (κ2) is 9.91. The summed E-state index contributed by atoms with van der Waals surface area (Å²) in [6.45, 7) is 3.07. The van der Waals surface area contributed by atoms with Crippen molar-refractivity contribution in [3.05, 3.63) is 95.3 Å². The zero-order valence-electron chi connectivity index (χ0n) is 19.3. The minimum atomic E-state index is -0.918. The van der Waals surface area contributed by atoms with Gasteiger partial charge >= 0.3 is 0 Å². The first-order valence-electron chi connectivity index (χ1n) is 11.9. The van der Waals surface area contributed by atoms with E-state index in [9.17, 15) is 14.3 Å². The van der Waals surface area contributed by atoms with Crippen molar-refractivity contribution in [3.63, 3.8) is 0 Å². The molecule has 0 radical (unpaired) electrons. The van der Waals surface area contributed by atoms with Crippen LogP contribution in [0.1, 0.15) is 34.3 Å². The van der Waals surface area contributed by atoms with Crippen molar-refractivity contribution in [1.29, 1.82) is 0 Å². The Morgan fingerprint density at radius 2 is 1.63 bits per heavy atom. The van der Waals surface area contributed by atoms with Gasteiger partial charge in [0.1, 0.15) is 22.9 Å². The maximum absolute atomic E-state index is 13.0. The number of nitrogens with one attached hydrogen (secondary N) is 1. The summed E-state index contributed by atoms with van der Waals surface area (Å²) in [7, 11) is 0. The lowest BCUT2D eigenvalue weighted by Gasteiger charge is -2.47. The average Bonchev–Trinajstić information content (AvgIpc) is 2.89. The Hall–Kier alpha value is -3.66. The molecular weight excluding hydrogens is 443 g/mol. The van der Waals surface area contributed by atoms with E-state index in [1.165, 1.54) is 12.1 Å². The molecule has 35 heavy (non-hydrogen) atoms. The molecular formula is C29H27FN2O3. The highest BCUT2D eigenvalue weighted by atomic mass is 19.1. The van der Waals surface area contributed by atoms with Gasteiger partial charge in [0.25, 0.3) is 5.91 Å². The van der Waals surface area contributed by atoms with Gasteiger partial charge in [-0.1, -0.05) is 24.0 Å². The van der Waals surface area contributed by atoms with Gasteiger partial charge in [-0.2, -0.15) is 0 Å². The number of ether oxygens (including phenoxy) is 1. The molecule has 0 aromatic heterocycles. The Morgan fingerprint density at radius 3 is 2.23 bits per heavy atom. The SMILES string of the molecule is O=C(NCc1ccc(F)cc1)c1ccc(Oc2ccc(C#C[C@]3(O)CN4CCC3CC4)cc2)cc1. The maximum atomic E-state index is 13.0. The van der Waals surface area contributed by atoms with E-state index in [-0.39, 0.29) is 17.6 Å². The lowest BCUT2D eigenvalue weighted by molar-refractivity contribution is -0.0713. The van der Waals surface area contributed by atoms with E-state index in [4.69, 9.17) is 4.74 Å². The van der Waals surface area contributed by atoms with Gasteiger partial charge in [0.2, 0.25) is 0 Å². The first-order valence-corrected chi connectivity index (χ1v) is 11.9. The van der Waals surface area contributed by atoms with Gasteiger partial charge in [0.05, 0.1) is 0 Å². The molecule has 3 heterocycles. The van der Waals surface area contributed by atoms with Gasteiger partial charge in [0, 0.05) is 30.1 Å². The van der Waals surface area contributed by atoms with E-state index in [0.29, 0.717) is 30.2 Å². The molecule has 5 nitrogen and oxygen atoms in total. The summed E-state index contributed by atoms with van der Waals surface area (Å²) >= 11 is 0. The van der Waals surface area contributed by atoms with Crippen LogP contribution in [0.4, 0.5) is 4.39 Å². The molecule has 6 rings (SSSR count). The zero-order valence-corrected chi connectivity index (χ0v) is 19.3. The lowest BCUT2D eigenvalue weighted by atomic mass is 9.76. The molecule has 0 aliphatic carbocycles. The second-order valence-corrected chi connectivity index (χ2v) is 9.18. The van der Waals surface area contributed by atoms with Crippen LogP contribution in [0.25, 0.3) is 0 Å². The Bertz CT molecular complexity index is 1240. The number of amides is 1. The Balaban J connectivity index is 1.16. The smallest absolute Gasteiger partial charge is 0.251 e. The van der Waals surface area contributed by atoms with Crippen molar-refractivity contribution < 1.29 is 19.0 Å². The van der Waals surface area contributed by atoms with Gasteiger partial charge in [-0.3, -0.25) is 9.69 Å². The fourth-order valence-electron chi connectivity index (χ4n) is 4.66. The van der Waals surface area contributed by atoms with Crippen LogP contribution in [0.15, 0.2) is 72.8 Å². The molecule has 0 spiro atoms. The van der Waals surface area contributed by atoms with E-state index in [0.717, 1.165) is 37.1 Å². The van der Waals surface area contributed by atoms with Crippen molar-refractivity contribution in [2.45, 2.75) is 25.0 Å². The number of piperidine rings is 3. The second-order valence-electron chi connectivity index (χ2n) is 9.18. The third-order valence-electron chi connectivity index (χ3n) is 6.72. The molecule has 2 N–H and O–H groups in total. The topological polar surface area (TPSA) is 61.8 Å². The van der Waals surface area contributed by atoms with Crippen LogP contribution in [-0.4, -0.2) is 41.1 Å². The molecule has 2 bridgehead atoms. The third-order valence-corrected chi connectivity index (χ3v) is 6.72. The number of benzene rings is 3.